The fourth-order valence-corrected chi connectivity index (χ4v) is 3.69. The van der Waals surface area contributed by atoms with E-state index in [0.29, 0.717) is 11.1 Å². The second-order valence-corrected chi connectivity index (χ2v) is 7.45. The minimum Gasteiger partial charge on any atom is -0.268 e. The lowest BCUT2D eigenvalue weighted by Crippen LogP contribution is -2.28. The average Bonchev–Trinajstić information content (AvgIpc) is 3.21. The highest BCUT2D eigenvalue weighted by atomic mass is 32.1. The third-order valence-corrected chi connectivity index (χ3v) is 5.06. The molecule has 134 valence electrons. The van der Waals surface area contributed by atoms with Crippen molar-refractivity contribution in [3.05, 3.63) is 83.3 Å². The number of hydrogen-bond donors (Lipinski definition) is 0. The topological polar surface area (TPSA) is 47.2 Å². The van der Waals surface area contributed by atoms with Crippen LogP contribution in [-0.4, -0.2) is 21.5 Å². The van der Waals surface area contributed by atoms with Crippen LogP contribution in [0, 0.1) is 0 Å². The predicted molar refractivity (Wildman–Crippen MR) is 110 cm³/mol. The molecular formula is C22H19N3OS. The minimum atomic E-state index is -0.105. The van der Waals surface area contributed by atoms with Crippen LogP contribution in [0.4, 0.5) is 0 Å². The third kappa shape index (κ3) is 3.46. The Morgan fingerprint density at radius 3 is 2.67 bits per heavy atom. The summed E-state index contributed by atoms with van der Waals surface area (Å²) in [6.45, 7) is 4.00. The lowest BCUT2D eigenvalue weighted by Gasteiger charge is -2.11. The third-order valence-electron chi connectivity index (χ3n) is 4.17. The fraction of sp³-hybridized carbons (Fsp3) is 0.136. The second kappa shape index (κ2) is 7.29. The Bertz CT molecular complexity index is 1170. The zero-order chi connectivity index (χ0) is 18.8. The van der Waals surface area contributed by atoms with E-state index >= 15 is 0 Å². The molecule has 0 aliphatic heterocycles. The Morgan fingerprint density at radius 2 is 1.89 bits per heavy atom. The van der Waals surface area contributed by atoms with Gasteiger partial charge in [0.1, 0.15) is 5.49 Å². The molecule has 3 heterocycles. The number of fused-ring (bicyclic) bond motifs is 1. The van der Waals surface area contributed by atoms with E-state index in [0.717, 1.165) is 21.5 Å². The molecule has 5 heteroatoms. The number of thiophene rings is 1. The molecule has 1 aromatic carbocycles. The molecule has 0 atom stereocenters. The van der Waals surface area contributed by atoms with E-state index in [-0.39, 0.29) is 11.9 Å². The first-order valence-electron chi connectivity index (χ1n) is 8.83. The minimum absolute atomic E-state index is 0.0994. The summed E-state index contributed by atoms with van der Waals surface area (Å²) in [6.07, 6.45) is 1.77. The molecule has 27 heavy (non-hydrogen) atoms. The molecule has 0 spiro atoms. The normalized spacial score (nSPS) is 12.0. The maximum Gasteiger partial charge on any atom is 0.264 e. The molecule has 0 amide bonds. The van der Waals surface area contributed by atoms with Crippen molar-refractivity contribution in [3.63, 3.8) is 0 Å². The Kier molecular flexibility index (Phi) is 4.69. The zero-order valence-corrected chi connectivity index (χ0v) is 16.0. The van der Waals surface area contributed by atoms with Gasteiger partial charge in [0.15, 0.2) is 0 Å². The Labute approximate surface area is 161 Å². The van der Waals surface area contributed by atoms with Crippen molar-refractivity contribution in [2.75, 3.05) is 0 Å². The smallest absolute Gasteiger partial charge is 0.264 e. The lowest BCUT2D eigenvalue weighted by atomic mass is 10.1. The standard InChI is InChI=1S/C22H19N3OS/c1-15(2)23-21-11-5-6-12-25(21)22(26)17-14-19(20-10-7-13-27-20)24-18-9-4-3-8-16(17)18/h3-15H,1-2H3. The fourth-order valence-electron chi connectivity index (χ4n) is 3.01. The number of para-hydroxylation sites is 1. The van der Waals surface area contributed by atoms with E-state index < -0.39 is 0 Å². The lowest BCUT2D eigenvalue weighted by molar-refractivity contribution is 0.0956. The van der Waals surface area contributed by atoms with Gasteiger partial charge >= 0.3 is 0 Å². The molecule has 4 nitrogen and oxygen atoms in total. The molecule has 0 radical (unpaired) electrons. The van der Waals surface area contributed by atoms with Gasteiger partial charge in [-0.25, -0.2) is 4.98 Å². The molecule has 0 bridgehead atoms. The number of benzene rings is 1. The van der Waals surface area contributed by atoms with Gasteiger partial charge in [-0.3, -0.25) is 14.4 Å². The number of carbonyl (C=O) groups excluding carboxylic acids is 1. The van der Waals surface area contributed by atoms with Crippen LogP contribution in [0.2, 0.25) is 0 Å². The van der Waals surface area contributed by atoms with Crippen LogP contribution >= 0.6 is 11.3 Å². The number of pyridine rings is 2. The van der Waals surface area contributed by atoms with Gasteiger partial charge in [-0.1, -0.05) is 30.3 Å². The first-order chi connectivity index (χ1) is 13.1. The first-order valence-corrected chi connectivity index (χ1v) is 9.71. The Morgan fingerprint density at radius 1 is 1.07 bits per heavy atom. The van der Waals surface area contributed by atoms with Gasteiger partial charge in [-0.15, -0.1) is 11.3 Å². The van der Waals surface area contributed by atoms with Gasteiger partial charge in [-0.05, 0) is 49.6 Å². The van der Waals surface area contributed by atoms with Crippen LogP contribution in [0.5, 0.6) is 0 Å². The first kappa shape index (κ1) is 17.4. The van der Waals surface area contributed by atoms with Crippen LogP contribution in [0.3, 0.4) is 0 Å². The molecule has 0 fully saturated rings. The van der Waals surface area contributed by atoms with Crippen molar-refractivity contribution >= 4 is 28.1 Å². The number of carbonyl (C=O) groups is 1. The van der Waals surface area contributed by atoms with Gasteiger partial charge < -0.3 is 0 Å². The maximum atomic E-state index is 13.5. The number of hydrogen-bond acceptors (Lipinski definition) is 4. The summed E-state index contributed by atoms with van der Waals surface area (Å²) in [5.41, 5.74) is 2.90. The van der Waals surface area contributed by atoms with Crippen molar-refractivity contribution < 1.29 is 4.79 Å². The largest absolute Gasteiger partial charge is 0.268 e. The summed E-state index contributed by atoms with van der Waals surface area (Å²) in [4.78, 5) is 23.8. The zero-order valence-electron chi connectivity index (χ0n) is 15.2. The van der Waals surface area contributed by atoms with Gasteiger partial charge in [-0.2, -0.15) is 0 Å². The van der Waals surface area contributed by atoms with Crippen LogP contribution in [0.25, 0.3) is 21.5 Å². The number of nitrogens with zero attached hydrogens (tertiary/aromatic N) is 3. The quantitative estimate of drug-likeness (QED) is 0.520. The summed E-state index contributed by atoms with van der Waals surface area (Å²) in [5.74, 6) is -0.105. The molecule has 4 rings (SSSR count). The SMILES string of the molecule is CC(C)N=c1ccccn1C(=O)c1cc(-c2cccs2)nc2ccccc12. The van der Waals surface area contributed by atoms with Crippen LogP contribution < -0.4 is 5.49 Å². The van der Waals surface area contributed by atoms with E-state index in [9.17, 15) is 4.79 Å². The highest BCUT2D eigenvalue weighted by Gasteiger charge is 2.16. The van der Waals surface area contributed by atoms with Crippen LogP contribution in [0.1, 0.15) is 24.2 Å². The monoisotopic (exact) mass is 373 g/mol. The average molecular weight is 373 g/mol. The molecule has 0 saturated carbocycles. The Balaban J connectivity index is 1.95. The molecule has 4 aromatic rings. The van der Waals surface area contributed by atoms with Crippen molar-refractivity contribution in [1.82, 2.24) is 9.55 Å². The number of aromatic nitrogens is 2. The van der Waals surface area contributed by atoms with E-state index in [1.54, 1.807) is 22.1 Å². The summed E-state index contributed by atoms with van der Waals surface area (Å²) in [6, 6.07) is 19.4. The Hall–Kier alpha value is -3.05. The molecule has 0 saturated heterocycles. The molecule has 0 N–H and O–H groups in total. The van der Waals surface area contributed by atoms with Gasteiger partial charge in [0.25, 0.3) is 5.91 Å². The van der Waals surface area contributed by atoms with Gasteiger partial charge in [0.05, 0.1) is 21.7 Å². The maximum absolute atomic E-state index is 13.5. The predicted octanol–water partition coefficient (Wildman–Crippen LogP) is 4.76. The van der Waals surface area contributed by atoms with E-state index in [1.807, 2.05) is 79.9 Å². The molecule has 0 aliphatic carbocycles. The van der Waals surface area contributed by atoms with E-state index in [4.69, 9.17) is 4.98 Å². The van der Waals surface area contributed by atoms with E-state index in [1.165, 1.54) is 0 Å². The summed E-state index contributed by atoms with van der Waals surface area (Å²) >= 11 is 1.61. The highest BCUT2D eigenvalue weighted by molar-refractivity contribution is 7.13. The van der Waals surface area contributed by atoms with Crippen LogP contribution in [0.15, 0.2) is 77.2 Å². The molecule has 3 aromatic heterocycles. The van der Waals surface area contributed by atoms with Crippen molar-refractivity contribution in [2.45, 2.75) is 19.9 Å². The highest BCUT2D eigenvalue weighted by Crippen LogP contribution is 2.28. The van der Waals surface area contributed by atoms with Crippen LogP contribution in [-0.2, 0) is 0 Å². The van der Waals surface area contributed by atoms with Gasteiger partial charge in [0, 0.05) is 17.6 Å². The van der Waals surface area contributed by atoms with E-state index in [2.05, 4.69) is 4.99 Å². The summed E-state index contributed by atoms with van der Waals surface area (Å²) < 4.78 is 1.61. The summed E-state index contributed by atoms with van der Waals surface area (Å²) in [5, 5.41) is 2.86. The second-order valence-electron chi connectivity index (χ2n) is 6.51. The summed E-state index contributed by atoms with van der Waals surface area (Å²) in [7, 11) is 0. The molecular weight excluding hydrogens is 354 g/mol. The number of rotatable bonds is 3. The van der Waals surface area contributed by atoms with Crippen molar-refractivity contribution in [1.29, 1.82) is 0 Å². The van der Waals surface area contributed by atoms with Crippen molar-refractivity contribution in [2.24, 2.45) is 4.99 Å². The molecule has 0 unspecified atom stereocenters. The van der Waals surface area contributed by atoms with Crippen molar-refractivity contribution in [3.8, 4) is 10.6 Å². The van der Waals surface area contributed by atoms with Gasteiger partial charge in [0.2, 0.25) is 0 Å². The molecule has 0 aliphatic rings.